The lowest BCUT2D eigenvalue weighted by Crippen LogP contribution is -2.37. The van der Waals surface area contributed by atoms with Gasteiger partial charge in [0.25, 0.3) is 0 Å². The van der Waals surface area contributed by atoms with Gasteiger partial charge in [-0.3, -0.25) is 0 Å². The van der Waals surface area contributed by atoms with E-state index in [1.165, 1.54) is 36.4 Å². The normalized spacial score (nSPS) is 16.5. The van der Waals surface area contributed by atoms with Gasteiger partial charge >= 0.3 is 6.18 Å². The summed E-state index contributed by atoms with van der Waals surface area (Å²) < 4.78 is 77.5. The van der Waals surface area contributed by atoms with Crippen LogP contribution in [0.15, 0.2) is 53.6 Å². The fraction of sp³-hybridized carbons (Fsp3) is 0.182. The minimum Gasteiger partial charge on any atom is -0.356 e. The third-order valence-corrected chi connectivity index (χ3v) is 7.10. The molecule has 4 aromatic rings. The summed E-state index contributed by atoms with van der Waals surface area (Å²) in [5.74, 6) is -0.779. The maximum Gasteiger partial charge on any atom is 0.433 e. The molecular formula is C22H16ClF4N5O2S. The van der Waals surface area contributed by atoms with E-state index >= 15 is 0 Å². The van der Waals surface area contributed by atoms with Crippen molar-refractivity contribution in [1.29, 1.82) is 0 Å². The predicted octanol–water partition coefficient (Wildman–Crippen LogP) is 4.57. The molecule has 3 heterocycles. The number of hydrogen-bond acceptors (Lipinski definition) is 5. The maximum atomic E-state index is 14.1. The van der Waals surface area contributed by atoms with Gasteiger partial charge in [-0.2, -0.15) is 13.2 Å². The summed E-state index contributed by atoms with van der Waals surface area (Å²) in [5.41, 5.74) is 1.30. The number of benzene rings is 2. The van der Waals surface area contributed by atoms with E-state index in [0.717, 1.165) is 17.8 Å². The number of hydrogen-bond donors (Lipinski definition) is 2. The molecule has 35 heavy (non-hydrogen) atoms. The second kappa shape index (κ2) is 8.18. The first kappa shape index (κ1) is 23.5. The average Bonchev–Trinajstić information content (AvgIpc) is 3.15. The number of aromatic amines is 1. The number of fused-ring (bicyclic) bond motifs is 3. The van der Waals surface area contributed by atoms with Gasteiger partial charge in [0, 0.05) is 29.3 Å². The number of nitrogens with zero attached hydrogens (tertiary/aromatic N) is 3. The summed E-state index contributed by atoms with van der Waals surface area (Å²) >= 11 is 5.99. The highest BCUT2D eigenvalue weighted by atomic mass is 35.5. The third kappa shape index (κ3) is 4.21. The van der Waals surface area contributed by atoms with Gasteiger partial charge in [-0.05, 0) is 47.9 Å². The van der Waals surface area contributed by atoms with Gasteiger partial charge < -0.3 is 9.88 Å². The van der Waals surface area contributed by atoms with Crippen LogP contribution in [0.25, 0.3) is 10.9 Å². The summed E-state index contributed by atoms with van der Waals surface area (Å²) in [6, 6.07) is 8.44. The number of H-pyrrole nitrogens is 1. The molecule has 0 bridgehead atoms. The van der Waals surface area contributed by atoms with Gasteiger partial charge in [-0.1, -0.05) is 23.7 Å². The lowest BCUT2D eigenvalue weighted by molar-refractivity contribution is -0.141. The van der Waals surface area contributed by atoms with Crippen molar-refractivity contribution in [2.24, 2.45) is 5.14 Å². The third-order valence-electron chi connectivity index (χ3n) is 5.88. The summed E-state index contributed by atoms with van der Waals surface area (Å²) in [5, 5.41) is 5.82. The van der Waals surface area contributed by atoms with Crippen molar-refractivity contribution in [3.8, 4) is 0 Å². The Balaban J connectivity index is 1.70. The molecule has 2 aromatic heterocycles. The van der Waals surface area contributed by atoms with Crippen molar-refractivity contribution < 1.29 is 26.0 Å². The molecule has 0 saturated heterocycles. The van der Waals surface area contributed by atoms with Gasteiger partial charge in [-0.25, -0.2) is 27.9 Å². The Morgan fingerprint density at radius 3 is 2.51 bits per heavy atom. The van der Waals surface area contributed by atoms with Gasteiger partial charge in [0.1, 0.15) is 11.5 Å². The van der Waals surface area contributed by atoms with Crippen molar-refractivity contribution in [1.82, 2.24) is 15.0 Å². The maximum absolute atomic E-state index is 14.1. The van der Waals surface area contributed by atoms with E-state index < -0.39 is 33.8 Å². The van der Waals surface area contributed by atoms with Crippen LogP contribution < -0.4 is 10.0 Å². The first-order valence-electron chi connectivity index (χ1n) is 10.2. The second-order valence-electron chi connectivity index (χ2n) is 8.03. The van der Waals surface area contributed by atoms with E-state index in [9.17, 15) is 26.0 Å². The zero-order valence-electron chi connectivity index (χ0n) is 17.6. The number of aromatic nitrogens is 3. The average molecular weight is 526 g/mol. The van der Waals surface area contributed by atoms with Crippen molar-refractivity contribution >= 4 is 38.5 Å². The van der Waals surface area contributed by atoms with Crippen molar-refractivity contribution in [2.45, 2.75) is 23.5 Å². The van der Waals surface area contributed by atoms with Crippen LogP contribution in [-0.2, 0) is 22.6 Å². The van der Waals surface area contributed by atoms with Gasteiger partial charge in [-0.15, -0.1) is 0 Å². The summed E-state index contributed by atoms with van der Waals surface area (Å²) in [7, 11) is -3.96. The molecular weight excluding hydrogens is 510 g/mol. The van der Waals surface area contributed by atoms with E-state index in [-0.39, 0.29) is 22.4 Å². The topological polar surface area (TPSA) is 105 Å². The van der Waals surface area contributed by atoms with Crippen molar-refractivity contribution in [2.75, 3.05) is 11.4 Å². The highest BCUT2D eigenvalue weighted by Crippen LogP contribution is 2.41. The molecule has 2 aromatic carbocycles. The van der Waals surface area contributed by atoms with Crippen LogP contribution in [0.2, 0.25) is 5.02 Å². The molecule has 1 aliphatic rings. The second-order valence-corrected chi connectivity index (χ2v) is 10.00. The molecule has 0 saturated carbocycles. The molecule has 0 aliphatic carbocycles. The van der Waals surface area contributed by atoms with Crippen LogP contribution in [0.5, 0.6) is 0 Å². The number of rotatable bonds is 3. The van der Waals surface area contributed by atoms with E-state index in [1.807, 2.05) is 0 Å². The Labute approximate surface area is 201 Å². The van der Waals surface area contributed by atoms with Gasteiger partial charge in [0.2, 0.25) is 16.0 Å². The molecule has 0 fully saturated rings. The predicted molar refractivity (Wildman–Crippen MR) is 121 cm³/mol. The van der Waals surface area contributed by atoms with E-state index in [1.54, 1.807) is 4.90 Å². The molecule has 1 aliphatic heterocycles. The van der Waals surface area contributed by atoms with Crippen LogP contribution >= 0.6 is 11.6 Å². The first-order valence-corrected chi connectivity index (χ1v) is 12.1. The number of sulfonamides is 1. The summed E-state index contributed by atoms with van der Waals surface area (Å²) in [4.78, 5) is 12.4. The number of nitrogens with one attached hydrogen (secondary N) is 1. The Morgan fingerprint density at radius 2 is 1.86 bits per heavy atom. The fourth-order valence-electron chi connectivity index (χ4n) is 4.33. The monoisotopic (exact) mass is 525 g/mol. The highest BCUT2D eigenvalue weighted by Gasteiger charge is 2.37. The number of halogens is 5. The molecule has 1 unspecified atom stereocenters. The molecule has 13 heteroatoms. The summed E-state index contributed by atoms with van der Waals surface area (Å²) in [6.45, 7) is 0.234. The fourth-order valence-corrected chi connectivity index (χ4v) is 5.01. The molecule has 5 rings (SSSR count). The van der Waals surface area contributed by atoms with Gasteiger partial charge in [0.15, 0.2) is 0 Å². The van der Waals surface area contributed by atoms with Crippen LogP contribution in [0.4, 0.5) is 23.5 Å². The minimum absolute atomic E-state index is 0.0583. The smallest absolute Gasteiger partial charge is 0.356 e. The number of nitrogens with two attached hydrogens (primary N) is 1. The Kier molecular flexibility index (Phi) is 5.49. The standard InChI is InChI=1S/C22H16ClF4N5O2S/c23-15-9-14-13-6-8-32(21-29-7-5-18(31-21)22(25,26)27)20(19(13)30-17(14)10-16(15)24)11-1-3-12(4-2-11)35(28,33)34/h1-5,7,9-10,20,30H,6,8H2,(H2,28,33,34). The van der Waals surface area contributed by atoms with E-state index in [0.29, 0.717) is 28.6 Å². The summed E-state index contributed by atoms with van der Waals surface area (Å²) in [6.07, 6.45) is -3.24. The van der Waals surface area contributed by atoms with E-state index in [2.05, 4.69) is 15.0 Å². The number of primary sulfonamides is 1. The van der Waals surface area contributed by atoms with Crippen LogP contribution in [0, 0.1) is 5.82 Å². The zero-order chi connectivity index (χ0) is 25.1. The number of anilines is 1. The molecule has 0 spiro atoms. The largest absolute Gasteiger partial charge is 0.433 e. The Bertz CT molecular complexity index is 1550. The van der Waals surface area contributed by atoms with E-state index in [4.69, 9.17) is 16.7 Å². The highest BCUT2D eigenvalue weighted by molar-refractivity contribution is 7.89. The van der Waals surface area contributed by atoms with Crippen LogP contribution in [-0.4, -0.2) is 29.9 Å². The molecule has 3 N–H and O–H groups in total. The first-order chi connectivity index (χ1) is 16.4. The van der Waals surface area contributed by atoms with Crippen LogP contribution in [0.3, 0.4) is 0 Å². The zero-order valence-corrected chi connectivity index (χ0v) is 19.2. The number of alkyl halides is 3. The lowest BCUT2D eigenvalue weighted by Gasteiger charge is -2.36. The van der Waals surface area contributed by atoms with Crippen molar-refractivity contribution in [3.63, 3.8) is 0 Å². The minimum atomic E-state index is -4.67. The molecule has 1 atom stereocenters. The van der Waals surface area contributed by atoms with Gasteiger partial charge in [0.05, 0.1) is 16.0 Å². The molecule has 0 amide bonds. The molecule has 182 valence electrons. The quantitative estimate of drug-likeness (QED) is 0.381. The van der Waals surface area contributed by atoms with Crippen LogP contribution in [0.1, 0.15) is 28.6 Å². The Morgan fingerprint density at radius 1 is 1.14 bits per heavy atom. The van der Waals surface area contributed by atoms with Crippen molar-refractivity contribution in [3.05, 3.63) is 82.0 Å². The Hall–Kier alpha value is -3.22. The SMILES string of the molecule is NS(=O)(=O)c1ccc(C2c3[nH]c4cc(F)c(Cl)cc4c3CCN2c2nccc(C(F)(F)F)n2)cc1. The molecule has 7 nitrogen and oxygen atoms in total. The molecule has 0 radical (unpaired) electrons. The lowest BCUT2D eigenvalue weighted by atomic mass is 9.92.